The van der Waals surface area contributed by atoms with Crippen LogP contribution in [0.5, 0.6) is 0 Å². The van der Waals surface area contributed by atoms with E-state index >= 15 is 0 Å². The fraction of sp³-hybridized carbons (Fsp3) is 0.643. The van der Waals surface area contributed by atoms with Crippen molar-refractivity contribution in [3.63, 3.8) is 0 Å². The molecule has 1 aliphatic rings. The van der Waals surface area contributed by atoms with Crippen LogP contribution in [-0.2, 0) is 20.8 Å². The predicted molar refractivity (Wildman–Crippen MR) is 70.0 cm³/mol. The van der Waals surface area contributed by atoms with Gasteiger partial charge in [-0.1, -0.05) is 0 Å². The fourth-order valence-electron chi connectivity index (χ4n) is 2.22. The molecule has 0 bridgehead atoms. The summed E-state index contributed by atoms with van der Waals surface area (Å²) in [5, 5.41) is 0. The molecule has 1 fully saturated rings. The minimum absolute atomic E-state index is 0.0958. The van der Waals surface area contributed by atoms with Gasteiger partial charge < -0.3 is 18.8 Å². The number of hydrogen-bond acceptors (Lipinski definition) is 4. The first-order valence-electron chi connectivity index (χ1n) is 7.00. The molecule has 0 aliphatic carbocycles. The van der Waals surface area contributed by atoms with Gasteiger partial charge in [0.05, 0.1) is 18.9 Å². The number of furan rings is 1. The average Bonchev–Trinajstić information content (AvgIpc) is 3.09. The van der Waals surface area contributed by atoms with Crippen molar-refractivity contribution < 1.29 is 31.9 Å². The van der Waals surface area contributed by atoms with E-state index in [0.717, 1.165) is 12.8 Å². The van der Waals surface area contributed by atoms with Crippen LogP contribution in [0.15, 0.2) is 22.8 Å². The van der Waals surface area contributed by atoms with Crippen LogP contribution in [0.1, 0.15) is 18.6 Å². The second kappa shape index (κ2) is 7.64. The van der Waals surface area contributed by atoms with Gasteiger partial charge in [-0.25, -0.2) is 0 Å². The van der Waals surface area contributed by atoms with E-state index in [1.165, 1.54) is 11.2 Å². The number of hydrogen-bond donors (Lipinski definition) is 0. The van der Waals surface area contributed by atoms with Crippen molar-refractivity contribution in [2.75, 3.05) is 26.4 Å². The number of rotatable bonds is 7. The number of ether oxygens (including phenoxy) is 2. The van der Waals surface area contributed by atoms with Crippen LogP contribution in [0, 0.1) is 0 Å². The Bertz CT molecular complexity index is 455. The summed E-state index contributed by atoms with van der Waals surface area (Å²) in [4.78, 5) is 13.5. The van der Waals surface area contributed by atoms with Crippen LogP contribution < -0.4 is 0 Å². The first-order chi connectivity index (χ1) is 10.4. The summed E-state index contributed by atoms with van der Waals surface area (Å²) in [7, 11) is 0. The Kier molecular flexibility index (Phi) is 5.84. The molecule has 1 unspecified atom stereocenters. The highest BCUT2D eigenvalue weighted by Gasteiger charge is 2.29. The highest BCUT2D eigenvalue weighted by atomic mass is 19.4. The van der Waals surface area contributed by atoms with Crippen LogP contribution in [0.2, 0.25) is 0 Å². The third-order valence-corrected chi connectivity index (χ3v) is 3.22. The Hall–Kier alpha value is -1.54. The summed E-state index contributed by atoms with van der Waals surface area (Å²) in [5.74, 6) is 0.0401. The van der Waals surface area contributed by atoms with Gasteiger partial charge in [-0.3, -0.25) is 4.79 Å². The molecule has 1 atom stereocenters. The molecule has 0 radical (unpaired) electrons. The van der Waals surface area contributed by atoms with Gasteiger partial charge in [-0.05, 0) is 25.0 Å². The van der Waals surface area contributed by atoms with E-state index in [2.05, 4.69) is 4.74 Å². The molecule has 22 heavy (non-hydrogen) atoms. The van der Waals surface area contributed by atoms with Crippen molar-refractivity contribution in [1.29, 1.82) is 0 Å². The van der Waals surface area contributed by atoms with E-state index in [4.69, 9.17) is 9.15 Å². The lowest BCUT2D eigenvalue weighted by molar-refractivity contribution is -0.178. The molecule has 0 spiro atoms. The Labute approximate surface area is 126 Å². The number of halogens is 3. The van der Waals surface area contributed by atoms with Crippen LogP contribution in [0.4, 0.5) is 13.2 Å². The van der Waals surface area contributed by atoms with Gasteiger partial charge in [0.1, 0.15) is 19.0 Å². The van der Waals surface area contributed by atoms with E-state index < -0.39 is 25.3 Å². The SMILES string of the molecule is O=C(COCC(F)(F)F)N(Cc1ccco1)CC1CCCO1. The molecular formula is C14H18F3NO4. The molecule has 1 amide bonds. The van der Waals surface area contributed by atoms with Gasteiger partial charge in [0.2, 0.25) is 5.91 Å². The molecule has 2 heterocycles. The first-order valence-corrected chi connectivity index (χ1v) is 7.00. The lowest BCUT2D eigenvalue weighted by Gasteiger charge is -2.24. The molecule has 1 aromatic heterocycles. The van der Waals surface area contributed by atoms with E-state index in [1.807, 2.05) is 0 Å². The average molecular weight is 321 g/mol. The van der Waals surface area contributed by atoms with E-state index in [-0.39, 0.29) is 12.6 Å². The Morgan fingerprint density at radius 3 is 2.86 bits per heavy atom. The van der Waals surface area contributed by atoms with E-state index in [1.54, 1.807) is 12.1 Å². The van der Waals surface area contributed by atoms with Crippen LogP contribution in [-0.4, -0.2) is 49.5 Å². The summed E-state index contributed by atoms with van der Waals surface area (Å²) < 4.78 is 51.2. The predicted octanol–water partition coefficient (Wildman–Crippen LogP) is 2.37. The Morgan fingerprint density at radius 2 is 2.27 bits per heavy atom. The zero-order chi connectivity index (χ0) is 16.0. The maximum absolute atomic E-state index is 12.1. The van der Waals surface area contributed by atoms with Gasteiger partial charge >= 0.3 is 6.18 Å². The molecule has 124 valence electrons. The Balaban J connectivity index is 1.88. The molecule has 0 aromatic carbocycles. The number of alkyl halides is 3. The monoisotopic (exact) mass is 321 g/mol. The zero-order valence-corrected chi connectivity index (χ0v) is 12.0. The third kappa shape index (κ3) is 5.69. The minimum Gasteiger partial charge on any atom is -0.467 e. The molecule has 8 heteroatoms. The van der Waals surface area contributed by atoms with Crippen molar-refractivity contribution in [3.05, 3.63) is 24.2 Å². The second-order valence-electron chi connectivity index (χ2n) is 5.10. The molecule has 1 aromatic rings. The normalized spacial score (nSPS) is 18.6. The molecule has 0 saturated carbocycles. The summed E-state index contributed by atoms with van der Waals surface area (Å²) in [5.41, 5.74) is 0. The van der Waals surface area contributed by atoms with Crippen LogP contribution in [0.25, 0.3) is 0 Å². The number of nitrogens with zero attached hydrogens (tertiary/aromatic N) is 1. The smallest absolute Gasteiger partial charge is 0.411 e. The fourth-order valence-corrected chi connectivity index (χ4v) is 2.22. The third-order valence-electron chi connectivity index (χ3n) is 3.22. The molecular weight excluding hydrogens is 303 g/mol. The second-order valence-corrected chi connectivity index (χ2v) is 5.10. The zero-order valence-electron chi connectivity index (χ0n) is 12.0. The molecule has 1 saturated heterocycles. The van der Waals surface area contributed by atoms with Crippen molar-refractivity contribution in [3.8, 4) is 0 Å². The van der Waals surface area contributed by atoms with Gasteiger partial charge in [-0.15, -0.1) is 0 Å². The summed E-state index contributed by atoms with van der Waals surface area (Å²) in [6.07, 6.45) is -1.32. The van der Waals surface area contributed by atoms with Gasteiger partial charge in [0.15, 0.2) is 0 Å². The molecule has 2 rings (SSSR count). The van der Waals surface area contributed by atoms with Crippen molar-refractivity contribution in [2.45, 2.75) is 31.7 Å². The van der Waals surface area contributed by atoms with E-state index in [0.29, 0.717) is 18.9 Å². The number of amides is 1. The standard InChI is InChI=1S/C14H18F3NO4/c15-14(16,17)10-20-9-13(19)18(7-11-3-1-5-21-11)8-12-4-2-6-22-12/h1,3,5,12H,2,4,6-10H2. The molecule has 1 aliphatic heterocycles. The molecule has 5 nitrogen and oxygen atoms in total. The highest BCUT2D eigenvalue weighted by Crippen LogP contribution is 2.17. The van der Waals surface area contributed by atoms with Crippen molar-refractivity contribution in [2.24, 2.45) is 0 Å². The van der Waals surface area contributed by atoms with Gasteiger partial charge in [0.25, 0.3) is 0 Å². The summed E-state index contributed by atoms with van der Waals surface area (Å²) >= 11 is 0. The summed E-state index contributed by atoms with van der Waals surface area (Å²) in [6.45, 7) is -0.922. The van der Waals surface area contributed by atoms with Crippen LogP contribution in [0.3, 0.4) is 0 Å². The van der Waals surface area contributed by atoms with Gasteiger partial charge in [-0.2, -0.15) is 13.2 Å². The quantitative estimate of drug-likeness (QED) is 0.774. The Morgan fingerprint density at radius 1 is 1.45 bits per heavy atom. The maximum Gasteiger partial charge on any atom is 0.411 e. The topological polar surface area (TPSA) is 51.9 Å². The number of carbonyl (C=O) groups is 1. The van der Waals surface area contributed by atoms with Crippen molar-refractivity contribution in [1.82, 2.24) is 4.90 Å². The van der Waals surface area contributed by atoms with Gasteiger partial charge in [0, 0.05) is 13.2 Å². The maximum atomic E-state index is 12.1. The highest BCUT2D eigenvalue weighted by molar-refractivity contribution is 5.77. The largest absolute Gasteiger partial charge is 0.467 e. The lowest BCUT2D eigenvalue weighted by atomic mass is 10.2. The van der Waals surface area contributed by atoms with E-state index in [9.17, 15) is 18.0 Å². The first kappa shape index (κ1) is 16.8. The molecule has 0 N–H and O–H groups in total. The lowest BCUT2D eigenvalue weighted by Crippen LogP contribution is -2.39. The number of carbonyl (C=O) groups excluding carboxylic acids is 1. The van der Waals surface area contributed by atoms with Crippen LogP contribution >= 0.6 is 0 Å². The minimum atomic E-state index is -4.44. The summed E-state index contributed by atoms with van der Waals surface area (Å²) in [6, 6.07) is 3.39. The van der Waals surface area contributed by atoms with Crippen molar-refractivity contribution >= 4 is 5.91 Å².